The molecule has 0 saturated heterocycles. The molecule has 0 aliphatic rings. The fourth-order valence-electron chi connectivity index (χ4n) is 1.23. The lowest BCUT2D eigenvalue weighted by atomic mass is 10.0. The number of hydrogen-bond donors (Lipinski definition) is 0. The average molecular weight is 245 g/mol. The number of halogens is 1. The van der Waals surface area contributed by atoms with Gasteiger partial charge in [0.15, 0.2) is 0 Å². The zero-order valence-electron chi connectivity index (χ0n) is 8.50. The largest absolute Gasteiger partial charge is 0.272 e. The van der Waals surface area contributed by atoms with Crippen molar-refractivity contribution in [2.24, 2.45) is 0 Å². The van der Waals surface area contributed by atoms with Crippen molar-refractivity contribution in [1.29, 1.82) is 0 Å². The highest BCUT2D eigenvalue weighted by molar-refractivity contribution is 9.09. The van der Waals surface area contributed by atoms with Gasteiger partial charge >= 0.3 is 0 Å². The highest BCUT2D eigenvalue weighted by atomic mass is 79.9. The zero-order chi connectivity index (χ0) is 9.84. The molecular weight excluding hydrogens is 228 g/mol. The Kier molecular flexibility index (Phi) is 3.97. The first-order valence-corrected chi connectivity index (χ1v) is 5.73. The van der Waals surface area contributed by atoms with Gasteiger partial charge in [0.2, 0.25) is 0 Å². The molecule has 0 spiro atoms. The lowest BCUT2D eigenvalue weighted by molar-refractivity contribution is 0.601. The average Bonchev–Trinajstić information content (AvgIpc) is 2.52. The Morgan fingerprint density at radius 2 is 2.23 bits per heavy atom. The molecule has 3 heteroatoms. The van der Waals surface area contributed by atoms with Crippen molar-refractivity contribution in [3.8, 4) is 0 Å². The van der Waals surface area contributed by atoms with Crippen molar-refractivity contribution >= 4 is 15.9 Å². The lowest BCUT2D eigenvalue weighted by Crippen LogP contribution is -2.03. The number of alkyl halides is 1. The summed E-state index contributed by atoms with van der Waals surface area (Å²) < 4.78 is 2.02. The van der Waals surface area contributed by atoms with E-state index in [9.17, 15) is 0 Å². The van der Waals surface area contributed by atoms with Gasteiger partial charge in [-0.05, 0) is 17.9 Å². The maximum absolute atomic E-state index is 4.31. The summed E-state index contributed by atoms with van der Waals surface area (Å²) in [6, 6.07) is 0. The maximum atomic E-state index is 4.31. The second-order valence-electron chi connectivity index (χ2n) is 3.50. The summed E-state index contributed by atoms with van der Waals surface area (Å²) >= 11 is 3.59. The molecule has 74 valence electrons. The quantitative estimate of drug-likeness (QED) is 0.745. The van der Waals surface area contributed by atoms with Crippen molar-refractivity contribution in [1.82, 2.24) is 9.78 Å². The minimum Gasteiger partial charge on any atom is -0.272 e. The van der Waals surface area contributed by atoms with Crippen molar-refractivity contribution in [2.45, 2.75) is 44.5 Å². The van der Waals surface area contributed by atoms with Crippen LogP contribution in [0.5, 0.6) is 0 Å². The molecule has 2 nitrogen and oxygen atoms in total. The van der Waals surface area contributed by atoms with E-state index in [4.69, 9.17) is 0 Å². The summed E-state index contributed by atoms with van der Waals surface area (Å²) in [4.78, 5) is 0.506. The highest BCUT2D eigenvalue weighted by Gasteiger charge is 2.12. The molecule has 0 radical (unpaired) electrons. The van der Waals surface area contributed by atoms with Crippen LogP contribution in [0.2, 0.25) is 0 Å². The molecule has 0 aliphatic carbocycles. The number of hydrogen-bond acceptors (Lipinski definition) is 1. The summed E-state index contributed by atoms with van der Waals surface area (Å²) in [7, 11) is 0. The van der Waals surface area contributed by atoms with Gasteiger partial charge in [0.25, 0.3) is 0 Å². The van der Waals surface area contributed by atoms with E-state index in [0.29, 0.717) is 10.7 Å². The second-order valence-corrected chi connectivity index (χ2v) is 4.95. The third-order valence-corrected chi connectivity index (χ3v) is 3.11. The van der Waals surface area contributed by atoms with E-state index in [1.54, 1.807) is 0 Å². The molecule has 0 bridgehead atoms. The summed E-state index contributed by atoms with van der Waals surface area (Å²) in [6.07, 6.45) is 5.25. The van der Waals surface area contributed by atoms with E-state index < -0.39 is 0 Å². The smallest absolute Gasteiger partial charge is 0.0524 e. The van der Waals surface area contributed by atoms with Gasteiger partial charge in [0, 0.05) is 17.6 Å². The monoisotopic (exact) mass is 244 g/mol. The molecule has 1 heterocycles. The van der Waals surface area contributed by atoms with E-state index in [-0.39, 0.29) is 0 Å². The van der Waals surface area contributed by atoms with Crippen LogP contribution in [0.15, 0.2) is 12.4 Å². The van der Waals surface area contributed by atoms with Crippen LogP contribution in [0, 0.1) is 0 Å². The van der Waals surface area contributed by atoms with Crippen molar-refractivity contribution in [3.63, 3.8) is 0 Å². The van der Waals surface area contributed by atoms with Gasteiger partial charge in [-0.2, -0.15) is 5.10 Å². The number of aromatic nitrogens is 2. The molecule has 1 rings (SSSR count). The first kappa shape index (κ1) is 10.8. The Balaban J connectivity index is 2.67. The van der Waals surface area contributed by atoms with Crippen molar-refractivity contribution < 1.29 is 0 Å². The molecule has 0 amide bonds. The van der Waals surface area contributed by atoms with Crippen LogP contribution in [0.25, 0.3) is 0 Å². The molecule has 1 aromatic heterocycles. The molecule has 0 aromatic carbocycles. The third-order valence-electron chi connectivity index (χ3n) is 2.32. The van der Waals surface area contributed by atoms with E-state index >= 15 is 0 Å². The lowest BCUT2D eigenvalue weighted by Gasteiger charge is -2.10. The molecule has 2 atom stereocenters. The first-order valence-electron chi connectivity index (χ1n) is 4.81. The Morgan fingerprint density at radius 3 is 2.77 bits per heavy atom. The topological polar surface area (TPSA) is 17.8 Å². The van der Waals surface area contributed by atoms with E-state index in [1.165, 1.54) is 5.56 Å². The van der Waals surface area contributed by atoms with E-state index in [0.717, 1.165) is 13.0 Å². The van der Waals surface area contributed by atoms with Crippen LogP contribution in [0.3, 0.4) is 0 Å². The van der Waals surface area contributed by atoms with Gasteiger partial charge in [-0.3, -0.25) is 4.68 Å². The Hall–Kier alpha value is -0.310. The normalized spacial score (nSPS) is 15.7. The van der Waals surface area contributed by atoms with Crippen LogP contribution >= 0.6 is 15.9 Å². The van der Waals surface area contributed by atoms with E-state index in [2.05, 4.69) is 48.0 Å². The van der Waals surface area contributed by atoms with Crippen LogP contribution < -0.4 is 0 Å². The standard InChI is InChI=1S/C10H17BrN2/c1-4-5-13-7-10(6-12-13)8(2)9(3)11/h6-9H,4-5H2,1-3H3. The molecule has 0 fully saturated rings. The fourth-order valence-corrected chi connectivity index (χ4v) is 1.54. The van der Waals surface area contributed by atoms with Gasteiger partial charge in [0.1, 0.15) is 0 Å². The second kappa shape index (κ2) is 4.80. The Morgan fingerprint density at radius 1 is 1.54 bits per heavy atom. The van der Waals surface area contributed by atoms with Gasteiger partial charge in [-0.1, -0.05) is 36.7 Å². The number of rotatable bonds is 4. The number of nitrogens with zero attached hydrogens (tertiary/aromatic N) is 2. The highest BCUT2D eigenvalue weighted by Crippen LogP contribution is 2.23. The van der Waals surface area contributed by atoms with Gasteiger partial charge in [0.05, 0.1) is 6.20 Å². The van der Waals surface area contributed by atoms with Gasteiger partial charge < -0.3 is 0 Å². The Labute approximate surface area is 88.5 Å². The van der Waals surface area contributed by atoms with Crippen molar-refractivity contribution in [2.75, 3.05) is 0 Å². The first-order chi connectivity index (χ1) is 6.15. The third kappa shape index (κ3) is 2.83. The molecule has 13 heavy (non-hydrogen) atoms. The van der Waals surface area contributed by atoms with E-state index in [1.807, 2.05) is 10.9 Å². The molecule has 2 unspecified atom stereocenters. The predicted octanol–water partition coefficient (Wildman–Crippen LogP) is 3.18. The molecule has 0 saturated carbocycles. The summed E-state index contributed by atoms with van der Waals surface area (Å²) in [5.74, 6) is 0.533. The van der Waals surface area contributed by atoms with Gasteiger partial charge in [-0.25, -0.2) is 0 Å². The zero-order valence-corrected chi connectivity index (χ0v) is 10.1. The van der Waals surface area contributed by atoms with Crippen molar-refractivity contribution in [3.05, 3.63) is 18.0 Å². The summed E-state index contributed by atoms with van der Waals surface area (Å²) in [5.41, 5.74) is 1.32. The minimum atomic E-state index is 0.506. The fraction of sp³-hybridized carbons (Fsp3) is 0.700. The molecular formula is C10H17BrN2. The molecule has 0 N–H and O–H groups in total. The van der Waals surface area contributed by atoms with Crippen LogP contribution in [-0.2, 0) is 6.54 Å². The Bertz CT molecular complexity index is 255. The minimum absolute atomic E-state index is 0.506. The van der Waals surface area contributed by atoms with Crippen LogP contribution in [0.4, 0.5) is 0 Å². The molecule has 0 aliphatic heterocycles. The van der Waals surface area contributed by atoms with Gasteiger partial charge in [-0.15, -0.1) is 0 Å². The SMILES string of the molecule is CCCn1cc(C(C)C(C)Br)cn1. The summed E-state index contributed by atoms with van der Waals surface area (Å²) in [5, 5.41) is 4.31. The van der Waals surface area contributed by atoms with Crippen LogP contribution in [-0.4, -0.2) is 14.6 Å². The molecule has 1 aromatic rings. The predicted molar refractivity (Wildman–Crippen MR) is 59.3 cm³/mol. The number of aryl methyl sites for hydroxylation is 1. The van der Waals surface area contributed by atoms with Crippen LogP contribution in [0.1, 0.15) is 38.7 Å². The maximum Gasteiger partial charge on any atom is 0.0524 e. The summed E-state index contributed by atoms with van der Waals surface area (Å²) in [6.45, 7) is 7.57.